The first-order chi connectivity index (χ1) is 6.63. The number of benzene rings is 1. The molecular formula is C11H13FOS. The molecule has 0 radical (unpaired) electrons. The summed E-state index contributed by atoms with van der Waals surface area (Å²) in [6.45, 7) is 4.22. The molecule has 1 aromatic rings. The summed E-state index contributed by atoms with van der Waals surface area (Å²) in [7, 11) is 0. The highest BCUT2D eigenvalue weighted by Gasteiger charge is 2.04. The van der Waals surface area contributed by atoms with Gasteiger partial charge >= 0.3 is 0 Å². The van der Waals surface area contributed by atoms with E-state index in [-0.39, 0.29) is 5.82 Å². The van der Waals surface area contributed by atoms with Crippen molar-refractivity contribution in [3.8, 4) is 0 Å². The normalized spacial score (nSPS) is 10.6. The van der Waals surface area contributed by atoms with Crippen LogP contribution in [0.1, 0.15) is 24.2 Å². The zero-order valence-corrected chi connectivity index (χ0v) is 9.10. The van der Waals surface area contributed by atoms with Crippen molar-refractivity contribution in [2.75, 3.05) is 5.75 Å². The van der Waals surface area contributed by atoms with Crippen molar-refractivity contribution >= 4 is 18.0 Å². The van der Waals surface area contributed by atoms with Crippen molar-refractivity contribution in [2.45, 2.75) is 18.7 Å². The zero-order valence-electron chi connectivity index (χ0n) is 8.29. The highest BCUT2D eigenvalue weighted by molar-refractivity contribution is 7.99. The molecular weight excluding hydrogens is 199 g/mol. The van der Waals surface area contributed by atoms with Crippen molar-refractivity contribution in [2.24, 2.45) is 5.92 Å². The average Bonchev–Trinajstić information content (AvgIpc) is 2.15. The molecule has 3 heteroatoms. The third-order valence-corrected chi connectivity index (χ3v) is 3.19. The SMILES string of the molecule is CC(C)CSc1ccc(F)cc1C=O. The van der Waals surface area contributed by atoms with Crippen molar-refractivity contribution in [1.29, 1.82) is 0 Å². The Labute approximate surface area is 87.7 Å². The van der Waals surface area contributed by atoms with E-state index in [1.165, 1.54) is 12.1 Å². The molecule has 0 unspecified atom stereocenters. The minimum atomic E-state index is -0.360. The molecule has 0 saturated heterocycles. The Morgan fingerprint density at radius 3 is 2.79 bits per heavy atom. The van der Waals surface area contributed by atoms with Crippen LogP contribution in [0.3, 0.4) is 0 Å². The van der Waals surface area contributed by atoms with Gasteiger partial charge in [0.2, 0.25) is 0 Å². The van der Waals surface area contributed by atoms with Crippen molar-refractivity contribution in [1.82, 2.24) is 0 Å². The number of carbonyl (C=O) groups excluding carboxylic acids is 1. The fourth-order valence-corrected chi connectivity index (χ4v) is 1.95. The van der Waals surface area contributed by atoms with E-state index in [1.54, 1.807) is 17.8 Å². The van der Waals surface area contributed by atoms with E-state index in [1.807, 2.05) is 0 Å². The lowest BCUT2D eigenvalue weighted by atomic mass is 10.2. The van der Waals surface area contributed by atoms with Crippen LogP contribution in [0, 0.1) is 11.7 Å². The second-order valence-electron chi connectivity index (χ2n) is 3.50. The van der Waals surface area contributed by atoms with Gasteiger partial charge in [-0.1, -0.05) is 13.8 Å². The summed E-state index contributed by atoms with van der Waals surface area (Å²) in [5.74, 6) is 1.14. The van der Waals surface area contributed by atoms with Gasteiger partial charge in [0.15, 0.2) is 6.29 Å². The van der Waals surface area contributed by atoms with Gasteiger partial charge in [0.05, 0.1) is 0 Å². The summed E-state index contributed by atoms with van der Waals surface area (Å²) in [4.78, 5) is 11.5. The largest absolute Gasteiger partial charge is 0.298 e. The zero-order chi connectivity index (χ0) is 10.6. The summed E-state index contributed by atoms with van der Waals surface area (Å²) in [6, 6.07) is 4.32. The Kier molecular flexibility index (Phi) is 4.14. The molecule has 0 atom stereocenters. The van der Waals surface area contributed by atoms with Crippen LogP contribution in [0.5, 0.6) is 0 Å². The maximum Gasteiger partial charge on any atom is 0.151 e. The molecule has 0 saturated carbocycles. The van der Waals surface area contributed by atoms with Crippen molar-refractivity contribution in [3.05, 3.63) is 29.6 Å². The minimum Gasteiger partial charge on any atom is -0.298 e. The molecule has 1 rings (SSSR count). The first kappa shape index (κ1) is 11.2. The molecule has 76 valence electrons. The molecule has 0 aliphatic carbocycles. The van der Waals surface area contributed by atoms with Gasteiger partial charge in [-0.3, -0.25) is 4.79 Å². The number of rotatable bonds is 4. The number of carbonyl (C=O) groups is 1. The highest BCUT2D eigenvalue weighted by Crippen LogP contribution is 2.24. The van der Waals surface area contributed by atoms with Crippen LogP contribution in [-0.4, -0.2) is 12.0 Å². The van der Waals surface area contributed by atoms with Crippen LogP contribution >= 0.6 is 11.8 Å². The van der Waals surface area contributed by atoms with E-state index in [4.69, 9.17) is 0 Å². The number of hydrogen-bond acceptors (Lipinski definition) is 2. The van der Waals surface area contributed by atoms with E-state index in [0.29, 0.717) is 17.8 Å². The van der Waals surface area contributed by atoms with Gasteiger partial charge in [0.25, 0.3) is 0 Å². The fourth-order valence-electron chi connectivity index (χ4n) is 0.999. The van der Waals surface area contributed by atoms with Gasteiger partial charge in [-0.15, -0.1) is 11.8 Å². The number of aldehydes is 1. The second kappa shape index (κ2) is 5.15. The van der Waals surface area contributed by atoms with Gasteiger partial charge in [-0.25, -0.2) is 4.39 Å². The maximum absolute atomic E-state index is 12.8. The van der Waals surface area contributed by atoms with Crippen LogP contribution in [0.15, 0.2) is 23.1 Å². The van der Waals surface area contributed by atoms with Crippen molar-refractivity contribution in [3.63, 3.8) is 0 Å². The average molecular weight is 212 g/mol. The lowest BCUT2D eigenvalue weighted by Gasteiger charge is -2.06. The Balaban J connectivity index is 2.80. The van der Waals surface area contributed by atoms with Crippen LogP contribution in [0.4, 0.5) is 4.39 Å². The molecule has 1 aromatic carbocycles. The van der Waals surface area contributed by atoms with Crippen LogP contribution < -0.4 is 0 Å². The smallest absolute Gasteiger partial charge is 0.151 e. The lowest BCUT2D eigenvalue weighted by Crippen LogP contribution is -1.93. The molecule has 0 amide bonds. The van der Waals surface area contributed by atoms with Crippen LogP contribution in [0.2, 0.25) is 0 Å². The third-order valence-electron chi connectivity index (χ3n) is 1.67. The molecule has 0 N–H and O–H groups in total. The second-order valence-corrected chi connectivity index (χ2v) is 4.57. The number of halogens is 1. The molecule has 0 bridgehead atoms. The van der Waals surface area contributed by atoms with E-state index < -0.39 is 0 Å². The first-order valence-electron chi connectivity index (χ1n) is 4.51. The van der Waals surface area contributed by atoms with Gasteiger partial charge < -0.3 is 0 Å². The molecule has 0 spiro atoms. The maximum atomic E-state index is 12.8. The highest BCUT2D eigenvalue weighted by atomic mass is 32.2. The van der Waals surface area contributed by atoms with Gasteiger partial charge in [0, 0.05) is 16.2 Å². The van der Waals surface area contributed by atoms with E-state index in [9.17, 15) is 9.18 Å². The fraction of sp³-hybridized carbons (Fsp3) is 0.364. The predicted octanol–water partition coefficient (Wildman–Crippen LogP) is 3.39. The van der Waals surface area contributed by atoms with E-state index in [0.717, 1.165) is 10.6 Å². The molecule has 0 fully saturated rings. The first-order valence-corrected chi connectivity index (χ1v) is 5.49. The summed E-state index contributed by atoms with van der Waals surface area (Å²) in [5.41, 5.74) is 0.440. The van der Waals surface area contributed by atoms with Crippen molar-refractivity contribution < 1.29 is 9.18 Å². The van der Waals surface area contributed by atoms with Crippen LogP contribution in [-0.2, 0) is 0 Å². The van der Waals surface area contributed by atoms with Gasteiger partial charge in [0.1, 0.15) is 5.82 Å². The Morgan fingerprint density at radius 2 is 2.21 bits per heavy atom. The summed E-state index contributed by atoms with van der Waals surface area (Å²) in [6.07, 6.45) is 0.700. The Hall–Kier alpha value is -0.830. The predicted molar refractivity (Wildman–Crippen MR) is 57.3 cm³/mol. The van der Waals surface area contributed by atoms with Crippen LogP contribution in [0.25, 0.3) is 0 Å². The Morgan fingerprint density at radius 1 is 1.50 bits per heavy atom. The van der Waals surface area contributed by atoms with E-state index in [2.05, 4.69) is 13.8 Å². The molecule has 14 heavy (non-hydrogen) atoms. The summed E-state index contributed by atoms with van der Waals surface area (Å²) in [5, 5.41) is 0. The molecule has 0 aromatic heterocycles. The lowest BCUT2D eigenvalue weighted by molar-refractivity contribution is 0.112. The van der Waals surface area contributed by atoms with Gasteiger partial charge in [-0.2, -0.15) is 0 Å². The molecule has 1 nitrogen and oxygen atoms in total. The molecule has 0 aliphatic rings. The quantitative estimate of drug-likeness (QED) is 0.562. The third kappa shape index (κ3) is 3.14. The van der Waals surface area contributed by atoms with Gasteiger partial charge in [-0.05, 0) is 24.1 Å². The topological polar surface area (TPSA) is 17.1 Å². The number of hydrogen-bond donors (Lipinski definition) is 0. The molecule has 0 aliphatic heterocycles. The summed E-state index contributed by atoms with van der Waals surface area (Å²) < 4.78 is 12.8. The monoisotopic (exact) mass is 212 g/mol. The van der Waals surface area contributed by atoms with E-state index >= 15 is 0 Å². The minimum absolute atomic E-state index is 0.360. The Bertz CT molecular complexity index is 323. The summed E-state index contributed by atoms with van der Waals surface area (Å²) >= 11 is 1.59. The molecule has 0 heterocycles. The number of thioether (sulfide) groups is 1. The standard InChI is InChI=1S/C11H13FOS/c1-8(2)7-14-11-4-3-10(12)5-9(11)6-13/h3-6,8H,7H2,1-2H3.